The number of carbonyl (C=O) groups excluding carboxylic acids is 1. The average Bonchev–Trinajstić information content (AvgIpc) is 2.86. The molecule has 0 aliphatic carbocycles. The summed E-state index contributed by atoms with van der Waals surface area (Å²) in [5.41, 5.74) is 0. The molecule has 1 aliphatic heterocycles. The van der Waals surface area contributed by atoms with Crippen molar-refractivity contribution in [2.45, 2.75) is 59.5 Å². The van der Waals surface area contributed by atoms with Crippen LogP contribution in [-0.4, -0.2) is 69.7 Å². The third kappa shape index (κ3) is 6.62. The average molecular weight is 491 g/mol. The Labute approximate surface area is 179 Å². The van der Waals surface area contributed by atoms with Gasteiger partial charge >= 0.3 is 0 Å². The Hall–Kier alpha value is -1.39. The second kappa shape index (κ2) is 12.1. The summed E-state index contributed by atoms with van der Waals surface area (Å²) in [6.07, 6.45) is 4.58. The van der Waals surface area contributed by atoms with Crippen molar-refractivity contribution in [3.8, 4) is 0 Å². The van der Waals surface area contributed by atoms with Gasteiger partial charge in [-0.1, -0.05) is 6.42 Å². The molecule has 0 radical (unpaired) electrons. The van der Waals surface area contributed by atoms with Crippen LogP contribution in [0.4, 0.5) is 0 Å². The van der Waals surface area contributed by atoms with E-state index in [4.69, 9.17) is 4.99 Å². The molecule has 9 heteroatoms. The van der Waals surface area contributed by atoms with Crippen LogP contribution < -0.4 is 5.32 Å². The van der Waals surface area contributed by atoms with Crippen molar-refractivity contribution in [3.63, 3.8) is 0 Å². The predicted molar refractivity (Wildman–Crippen MR) is 118 cm³/mol. The molecule has 0 unspecified atom stereocenters. The van der Waals surface area contributed by atoms with E-state index in [-0.39, 0.29) is 29.9 Å². The summed E-state index contributed by atoms with van der Waals surface area (Å²) in [5.74, 6) is 2.81. The van der Waals surface area contributed by atoms with E-state index in [2.05, 4.69) is 20.1 Å². The van der Waals surface area contributed by atoms with Gasteiger partial charge in [0, 0.05) is 39.6 Å². The summed E-state index contributed by atoms with van der Waals surface area (Å²) in [4.78, 5) is 20.8. The molecule has 0 saturated carbocycles. The standard InChI is InChI=1S/C18H33N7O.HI/c1-5-19-18(23(4)14-17(26)24(6-2)7-3)20-13-16-22-21-15-11-9-8-10-12-25(15)16;/h5-14H2,1-4H3,(H,19,20);1H. The molecular weight excluding hydrogens is 457 g/mol. The van der Waals surface area contributed by atoms with Crippen LogP contribution in [0.1, 0.15) is 51.7 Å². The van der Waals surface area contributed by atoms with Crippen molar-refractivity contribution >= 4 is 35.8 Å². The first-order chi connectivity index (χ1) is 12.6. The minimum Gasteiger partial charge on any atom is -0.357 e. The highest BCUT2D eigenvalue weighted by atomic mass is 127. The van der Waals surface area contributed by atoms with Crippen LogP contribution in [0.5, 0.6) is 0 Å². The normalized spacial score (nSPS) is 14.0. The zero-order valence-corrected chi connectivity index (χ0v) is 19.4. The lowest BCUT2D eigenvalue weighted by atomic mass is 10.2. The smallest absolute Gasteiger partial charge is 0.242 e. The predicted octanol–water partition coefficient (Wildman–Crippen LogP) is 1.89. The van der Waals surface area contributed by atoms with E-state index in [9.17, 15) is 4.79 Å². The van der Waals surface area contributed by atoms with E-state index in [1.165, 1.54) is 19.3 Å². The Morgan fingerprint density at radius 2 is 1.93 bits per heavy atom. The van der Waals surface area contributed by atoms with E-state index in [1.807, 2.05) is 37.6 Å². The van der Waals surface area contributed by atoms with Gasteiger partial charge in [-0.25, -0.2) is 4.99 Å². The number of guanidine groups is 1. The van der Waals surface area contributed by atoms with Crippen LogP contribution in [0.25, 0.3) is 0 Å². The molecular formula is C18H34IN7O. The van der Waals surface area contributed by atoms with Crippen LogP contribution in [0.2, 0.25) is 0 Å². The molecule has 1 N–H and O–H groups in total. The van der Waals surface area contributed by atoms with Gasteiger partial charge in [-0.05, 0) is 33.6 Å². The highest BCUT2D eigenvalue weighted by molar-refractivity contribution is 14.0. The number of nitrogens with zero attached hydrogens (tertiary/aromatic N) is 6. The number of aryl methyl sites for hydroxylation is 1. The molecule has 0 fully saturated rings. The lowest BCUT2D eigenvalue weighted by molar-refractivity contribution is -0.131. The van der Waals surface area contributed by atoms with Gasteiger partial charge in [0.2, 0.25) is 5.91 Å². The minimum absolute atomic E-state index is 0. The number of aliphatic imine (C=N–C) groups is 1. The van der Waals surface area contributed by atoms with Crippen LogP contribution in [0.15, 0.2) is 4.99 Å². The van der Waals surface area contributed by atoms with Gasteiger partial charge in [0.1, 0.15) is 12.4 Å². The van der Waals surface area contributed by atoms with Crippen molar-refractivity contribution in [2.24, 2.45) is 4.99 Å². The summed E-state index contributed by atoms with van der Waals surface area (Å²) < 4.78 is 2.21. The van der Waals surface area contributed by atoms with E-state index in [1.54, 1.807) is 0 Å². The number of carbonyl (C=O) groups is 1. The fraction of sp³-hybridized carbons (Fsp3) is 0.778. The third-order valence-electron chi connectivity index (χ3n) is 4.74. The van der Waals surface area contributed by atoms with Crippen molar-refractivity contribution in [2.75, 3.05) is 33.2 Å². The first-order valence-electron chi connectivity index (χ1n) is 9.78. The van der Waals surface area contributed by atoms with E-state index in [0.717, 1.165) is 50.2 Å². The Balaban J connectivity index is 0.00000364. The number of fused-ring (bicyclic) bond motifs is 1. The van der Waals surface area contributed by atoms with E-state index < -0.39 is 0 Å². The number of hydrogen-bond acceptors (Lipinski definition) is 4. The van der Waals surface area contributed by atoms with Gasteiger partial charge in [0.05, 0.1) is 6.54 Å². The maximum absolute atomic E-state index is 12.4. The Kier molecular flexibility index (Phi) is 10.6. The van der Waals surface area contributed by atoms with Gasteiger partial charge in [0.25, 0.3) is 0 Å². The lowest BCUT2D eigenvalue weighted by Gasteiger charge is -2.25. The molecule has 1 aromatic rings. The zero-order valence-electron chi connectivity index (χ0n) is 17.1. The van der Waals surface area contributed by atoms with Gasteiger partial charge in [-0.2, -0.15) is 0 Å². The molecule has 8 nitrogen and oxygen atoms in total. The number of amides is 1. The number of aromatic nitrogens is 3. The first kappa shape index (κ1) is 23.6. The molecule has 1 aliphatic rings. The lowest BCUT2D eigenvalue weighted by Crippen LogP contribution is -2.45. The largest absolute Gasteiger partial charge is 0.357 e. The van der Waals surface area contributed by atoms with E-state index in [0.29, 0.717) is 13.1 Å². The molecule has 2 rings (SSSR count). The molecule has 0 saturated heterocycles. The molecule has 0 spiro atoms. The number of nitrogens with one attached hydrogen (secondary N) is 1. The fourth-order valence-corrected chi connectivity index (χ4v) is 3.23. The van der Waals surface area contributed by atoms with Gasteiger partial charge in [-0.3, -0.25) is 4.79 Å². The summed E-state index contributed by atoms with van der Waals surface area (Å²) in [5, 5.41) is 11.9. The minimum atomic E-state index is 0. The zero-order chi connectivity index (χ0) is 18.9. The molecule has 0 bridgehead atoms. The summed E-state index contributed by atoms with van der Waals surface area (Å²) in [6.45, 7) is 9.98. The molecule has 2 heterocycles. The SMILES string of the molecule is CCNC(=NCc1nnc2n1CCCCC2)N(C)CC(=O)N(CC)CC.I. The van der Waals surface area contributed by atoms with Gasteiger partial charge in [0.15, 0.2) is 11.8 Å². The van der Waals surface area contributed by atoms with Crippen LogP contribution in [-0.2, 0) is 24.3 Å². The molecule has 1 amide bonds. The maximum Gasteiger partial charge on any atom is 0.242 e. The molecule has 27 heavy (non-hydrogen) atoms. The fourth-order valence-electron chi connectivity index (χ4n) is 3.23. The number of hydrogen-bond donors (Lipinski definition) is 1. The summed E-state index contributed by atoms with van der Waals surface area (Å²) in [7, 11) is 1.90. The Bertz CT molecular complexity index is 613. The molecule has 1 aromatic heterocycles. The van der Waals surface area contributed by atoms with Crippen LogP contribution in [0.3, 0.4) is 0 Å². The van der Waals surface area contributed by atoms with E-state index >= 15 is 0 Å². The van der Waals surface area contributed by atoms with Crippen molar-refractivity contribution in [3.05, 3.63) is 11.6 Å². The van der Waals surface area contributed by atoms with Crippen LogP contribution >= 0.6 is 24.0 Å². The second-order valence-corrected chi connectivity index (χ2v) is 6.59. The molecule has 154 valence electrons. The highest BCUT2D eigenvalue weighted by Gasteiger charge is 2.17. The Morgan fingerprint density at radius 3 is 2.59 bits per heavy atom. The highest BCUT2D eigenvalue weighted by Crippen LogP contribution is 2.14. The quantitative estimate of drug-likeness (QED) is 0.358. The molecule has 0 aromatic carbocycles. The van der Waals surface area contributed by atoms with Gasteiger partial charge in [-0.15, -0.1) is 34.2 Å². The number of halogens is 1. The first-order valence-corrected chi connectivity index (χ1v) is 9.78. The maximum atomic E-state index is 12.4. The summed E-state index contributed by atoms with van der Waals surface area (Å²) >= 11 is 0. The third-order valence-corrected chi connectivity index (χ3v) is 4.74. The monoisotopic (exact) mass is 491 g/mol. The van der Waals surface area contributed by atoms with Crippen LogP contribution in [0, 0.1) is 0 Å². The van der Waals surface area contributed by atoms with Crippen molar-refractivity contribution in [1.82, 2.24) is 29.9 Å². The Morgan fingerprint density at radius 1 is 1.19 bits per heavy atom. The topological polar surface area (TPSA) is 78.6 Å². The second-order valence-electron chi connectivity index (χ2n) is 6.59. The van der Waals surface area contributed by atoms with Crippen molar-refractivity contribution < 1.29 is 4.79 Å². The number of likely N-dealkylation sites (N-methyl/N-ethyl adjacent to an activating group) is 2. The van der Waals surface area contributed by atoms with Crippen molar-refractivity contribution in [1.29, 1.82) is 0 Å². The van der Waals surface area contributed by atoms with Gasteiger partial charge < -0.3 is 19.7 Å². The summed E-state index contributed by atoms with van der Waals surface area (Å²) in [6, 6.07) is 0. The number of rotatable bonds is 7. The molecule has 0 atom stereocenters.